The molecule has 7 nitrogen and oxygen atoms in total. The van der Waals surface area contributed by atoms with Crippen molar-refractivity contribution >= 4 is 21.7 Å². The van der Waals surface area contributed by atoms with Crippen LogP contribution >= 0.6 is 0 Å². The Balaban J connectivity index is 2.18. The Morgan fingerprint density at radius 2 is 2.14 bits per heavy atom. The lowest BCUT2D eigenvalue weighted by Gasteiger charge is -2.06. The second-order valence-corrected chi connectivity index (χ2v) is 5.69. The molecule has 0 radical (unpaired) electrons. The minimum absolute atomic E-state index is 0.113. The smallest absolute Gasteiger partial charge is 0.327 e. The van der Waals surface area contributed by atoms with E-state index in [-0.39, 0.29) is 12.2 Å². The Morgan fingerprint density at radius 3 is 2.81 bits per heavy atom. The quantitative estimate of drug-likeness (QED) is 0.832. The molecule has 0 fully saturated rings. The molecule has 1 aromatic heterocycles. The first-order valence-corrected chi connectivity index (χ1v) is 7.27. The van der Waals surface area contributed by atoms with Crippen LogP contribution in [0.5, 0.6) is 0 Å². The number of methoxy groups -OCH3 is 1. The highest BCUT2D eigenvalue weighted by molar-refractivity contribution is 7.92. The molecule has 0 saturated carbocycles. The van der Waals surface area contributed by atoms with Crippen molar-refractivity contribution in [3.63, 3.8) is 0 Å². The van der Waals surface area contributed by atoms with Gasteiger partial charge in [0.15, 0.2) is 0 Å². The molecule has 112 valence electrons. The second kappa shape index (κ2) is 5.92. The van der Waals surface area contributed by atoms with Crippen molar-refractivity contribution in [1.29, 1.82) is 0 Å². The molecule has 0 atom stereocenters. The minimum Gasteiger partial charge on any atom is -0.468 e. The van der Waals surface area contributed by atoms with E-state index in [0.29, 0.717) is 0 Å². The summed E-state index contributed by atoms with van der Waals surface area (Å²) in [7, 11) is -2.83. The number of anilines is 1. The SMILES string of the molecule is COC(=O)Cn1cc(NS(=O)(=O)c2ccccc2F)cn1. The number of hydrogen-bond donors (Lipinski definition) is 1. The highest BCUT2D eigenvalue weighted by Crippen LogP contribution is 2.18. The summed E-state index contributed by atoms with van der Waals surface area (Å²) < 4.78 is 45.4. The number of benzene rings is 1. The van der Waals surface area contributed by atoms with E-state index >= 15 is 0 Å². The van der Waals surface area contributed by atoms with Crippen LogP contribution in [0.25, 0.3) is 0 Å². The van der Waals surface area contributed by atoms with Crippen molar-refractivity contribution in [2.45, 2.75) is 11.4 Å². The monoisotopic (exact) mass is 313 g/mol. The zero-order valence-corrected chi connectivity index (χ0v) is 11.8. The van der Waals surface area contributed by atoms with E-state index in [1.807, 2.05) is 0 Å². The molecule has 0 bridgehead atoms. The molecule has 0 aliphatic heterocycles. The summed E-state index contributed by atoms with van der Waals surface area (Å²) in [4.78, 5) is 10.6. The highest BCUT2D eigenvalue weighted by atomic mass is 32.2. The maximum absolute atomic E-state index is 13.5. The van der Waals surface area contributed by atoms with Gasteiger partial charge in [-0.25, -0.2) is 12.8 Å². The lowest BCUT2D eigenvalue weighted by atomic mass is 10.4. The van der Waals surface area contributed by atoms with E-state index in [2.05, 4.69) is 14.6 Å². The van der Waals surface area contributed by atoms with Crippen LogP contribution in [-0.4, -0.2) is 31.3 Å². The second-order valence-electron chi connectivity index (χ2n) is 4.04. The molecule has 0 saturated heterocycles. The molecule has 1 aromatic carbocycles. The van der Waals surface area contributed by atoms with Gasteiger partial charge in [0, 0.05) is 6.20 Å². The number of rotatable bonds is 5. The normalized spacial score (nSPS) is 11.1. The highest BCUT2D eigenvalue weighted by Gasteiger charge is 2.19. The number of nitrogens with one attached hydrogen (secondary N) is 1. The van der Waals surface area contributed by atoms with Crippen molar-refractivity contribution in [2.24, 2.45) is 0 Å². The molecule has 0 unspecified atom stereocenters. The number of carbonyl (C=O) groups excluding carboxylic acids is 1. The molecule has 1 heterocycles. The van der Waals surface area contributed by atoms with Crippen LogP contribution in [0.15, 0.2) is 41.6 Å². The van der Waals surface area contributed by atoms with Crippen LogP contribution in [0.3, 0.4) is 0 Å². The van der Waals surface area contributed by atoms with Gasteiger partial charge in [-0.3, -0.25) is 14.2 Å². The Morgan fingerprint density at radius 1 is 1.43 bits per heavy atom. The number of ether oxygens (including phenoxy) is 1. The third-order valence-corrected chi connectivity index (χ3v) is 3.94. The summed E-state index contributed by atoms with van der Waals surface area (Å²) in [5.74, 6) is -1.38. The summed E-state index contributed by atoms with van der Waals surface area (Å²) in [6.07, 6.45) is 2.51. The largest absolute Gasteiger partial charge is 0.468 e. The lowest BCUT2D eigenvalue weighted by molar-refractivity contribution is -0.141. The number of hydrogen-bond acceptors (Lipinski definition) is 5. The van der Waals surface area contributed by atoms with Crippen molar-refractivity contribution < 1.29 is 22.3 Å². The van der Waals surface area contributed by atoms with Crippen LogP contribution in [-0.2, 0) is 26.1 Å². The van der Waals surface area contributed by atoms with Crippen LogP contribution < -0.4 is 4.72 Å². The zero-order valence-electron chi connectivity index (χ0n) is 11.0. The molecular weight excluding hydrogens is 301 g/mol. The average Bonchev–Trinajstić information content (AvgIpc) is 2.85. The molecule has 0 aliphatic rings. The van der Waals surface area contributed by atoms with E-state index in [1.54, 1.807) is 0 Å². The third-order valence-electron chi connectivity index (χ3n) is 2.53. The van der Waals surface area contributed by atoms with Crippen molar-refractivity contribution in [2.75, 3.05) is 11.8 Å². The number of esters is 1. The Bertz CT molecular complexity index is 757. The third kappa shape index (κ3) is 3.57. The Kier molecular flexibility index (Phi) is 4.22. The van der Waals surface area contributed by atoms with Crippen molar-refractivity contribution in [3.8, 4) is 0 Å². The Labute approximate surface area is 120 Å². The number of carbonyl (C=O) groups is 1. The fraction of sp³-hybridized carbons (Fsp3) is 0.167. The molecular formula is C12H12FN3O4S. The fourth-order valence-electron chi connectivity index (χ4n) is 1.57. The van der Waals surface area contributed by atoms with Crippen LogP contribution in [0, 0.1) is 5.82 Å². The summed E-state index contributed by atoms with van der Waals surface area (Å²) >= 11 is 0. The van der Waals surface area contributed by atoms with Gasteiger partial charge in [-0.15, -0.1) is 0 Å². The summed E-state index contributed by atoms with van der Waals surface area (Å²) in [6, 6.07) is 5.01. The first kappa shape index (κ1) is 15.0. The molecule has 9 heteroatoms. The first-order valence-electron chi connectivity index (χ1n) is 5.79. The van der Waals surface area contributed by atoms with Gasteiger partial charge in [0.1, 0.15) is 17.3 Å². The Hall–Kier alpha value is -2.42. The van der Waals surface area contributed by atoms with Crippen LogP contribution in [0.2, 0.25) is 0 Å². The number of aromatic nitrogens is 2. The number of nitrogens with zero attached hydrogens (tertiary/aromatic N) is 2. The van der Waals surface area contributed by atoms with Gasteiger partial charge >= 0.3 is 5.97 Å². The number of sulfonamides is 1. The van der Waals surface area contributed by atoms with Crippen molar-refractivity contribution in [3.05, 3.63) is 42.5 Å². The minimum atomic E-state index is -4.06. The summed E-state index contributed by atoms with van der Waals surface area (Å²) in [6.45, 7) is -0.155. The molecule has 0 amide bonds. The van der Waals surface area contributed by atoms with Gasteiger partial charge in [0.2, 0.25) is 0 Å². The summed E-state index contributed by atoms with van der Waals surface area (Å²) in [5, 5.41) is 3.80. The molecule has 0 aliphatic carbocycles. The molecule has 2 aromatic rings. The summed E-state index contributed by atoms with van der Waals surface area (Å²) in [5.41, 5.74) is 0.113. The standard InChI is InChI=1S/C12H12FN3O4S/c1-20-12(17)8-16-7-9(6-14-16)15-21(18,19)11-5-3-2-4-10(11)13/h2-7,15H,8H2,1H3. The molecule has 1 N–H and O–H groups in total. The predicted molar refractivity (Wildman–Crippen MR) is 71.5 cm³/mol. The van der Waals surface area contributed by atoms with Crippen LogP contribution in [0.4, 0.5) is 10.1 Å². The van der Waals surface area contributed by atoms with Gasteiger partial charge in [-0.1, -0.05) is 12.1 Å². The predicted octanol–water partition coefficient (Wildman–Crippen LogP) is 0.996. The van der Waals surface area contributed by atoms with E-state index < -0.39 is 26.7 Å². The molecule has 2 rings (SSSR count). The van der Waals surface area contributed by atoms with Gasteiger partial charge in [0.05, 0.1) is 19.0 Å². The maximum Gasteiger partial charge on any atom is 0.327 e. The molecule has 21 heavy (non-hydrogen) atoms. The van der Waals surface area contributed by atoms with Gasteiger partial charge in [0.25, 0.3) is 10.0 Å². The van der Waals surface area contributed by atoms with E-state index in [1.165, 1.54) is 36.3 Å². The van der Waals surface area contributed by atoms with E-state index in [9.17, 15) is 17.6 Å². The van der Waals surface area contributed by atoms with E-state index in [4.69, 9.17) is 0 Å². The zero-order chi connectivity index (χ0) is 15.5. The van der Waals surface area contributed by atoms with Gasteiger partial charge in [-0.05, 0) is 12.1 Å². The van der Waals surface area contributed by atoms with Gasteiger partial charge in [-0.2, -0.15) is 5.10 Å². The average molecular weight is 313 g/mol. The molecule has 0 spiro atoms. The maximum atomic E-state index is 13.5. The number of halogens is 1. The fourth-order valence-corrected chi connectivity index (χ4v) is 2.68. The van der Waals surface area contributed by atoms with E-state index in [0.717, 1.165) is 12.1 Å². The van der Waals surface area contributed by atoms with Gasteiger partial charge < -0.3 is 4.74 Å². The first-order chi connectivity index (χ1) is 9.92. The lowest BCUT2D eigenvalue weighted by Crippen LogP contribution is -2.14. The topological polar surface area (TPSA) is 90.3 Å². The van der Waals surface area contributed by atoms with Crippen molar-refractivity contribution in [1.82, 2.24) is 9.78 Å². The van der Waals surface area contributed by atoms with Crippen LogP contribution in [0.1, 0.15) is 0 Å².